The summed E-state index contributed by atoms with van der Waals surface area (Å²) in [5, 5.41) is 4.55. The predicted molar refractivity (Wildman–Crippen MR) is 129 cm³/mol. The summed E-state index contributed by atoms with van der Waals surface area (Å²) in [5.41, 5.74) is 6.53. The molecule has 1 aliphatic heterocycles. The summed E-state index contributed by atoms with van der Waals surface area (Å²) in [5.74, 6) is -0.243. The van der Waals surface area contributed by atoms with Crippen LogP contribution in [-0.4, -0.2) is 9.55 Å². The summed E-state index contributed by atoms with van der Waals surface area (Å²) in [4.78, 5) is 30.7. The molecule has 2 aliphatic rings. The SMILES string of the molecule is C=C(C)C(CC)(N=O)c1cc2n(c(=O)c1CC)Cc1c-2nc2cc(F)c(C)c3c2c1CCC3. The standard InChI is InChI=1S/C27H28FN3O2/c1-6-16-20(27(7-2,30-33)14(3)4)11-23-25-19(13-31(23)26(16)32)18-10-8-9-17-15(5)21(28)12-22(29-25)24(17)18/h11-12H,3,6-10,13H2,1-2,4-5H3. The van der Waals surface area contributed by atoms with Crippen molar-refractivity contribution in [3.63, 3.8) is 0 Å². The Morgan fingerprint density at radius 3 is 2.61 bits per heavy atom. The highest BCUT2D eigenvalue weighted by Crippen LogP contribution is 2.44. The van der Waals surface area contributed by atoms with E-state index in [-0.39, 0.29) is 11.4 Å². The first-order valence-corrected chi connectivity index (χ1v) is 11.7. The maximum Gasteiger partial charge on any atom is 0.254 e. The highest BCUT2D eigenvalue weighted by Gasteiger charge is 2.39. The number of hydrogen-bond acceptors (Lipinski definition) is 4. The van der Waals surface area contributed by atoms with Gasteiger partial charge in [0.05, 0.1) is 23.4 Å². The van der Waals surface area contributed by atoms with Crippen LogP contribution in [0.5, 0.6) is 0 Å². The molecule has 1 aliphatic carbocycles. The summed E-state index contributed by atoms with van der Waals surface area (Å²) in [6.07, 6.45) is 3.58. The number of aromatic nitrogens is 2. The lowest BCUT2D eigenvalue weighted by atomic mass is 9.79. The molecular weight excluding hydrogens is 417 g/mol. The van der Waals surface area contributed by atoms with Gasteiger partial charge in [-0.2, -0.15) is 0 Å². The van der Waals surface area contributed by atoms with Crippen LogP contribution in [0.2, 0.25) is 0 Å². The zero-order valence-corrected chi connectivity index (χ0v) is 19.6. The van der Waals surface area contributed by atoms with Crippen LogP contribution in [0.15, 0.2) is 34.3 Å². The fourth-order valence-electron chi connectivity index (χ4n) is 5.93. The molecule has 2 aromatic heterocycles. The molecule has 5 nitrogen and oxygen atoms in total. The van der Waals surface area contributed by atoms with Crippen LogP contribution in [-0.2, 0) is 31.3 Å². The van der Waals surface area contributed by atoms with Gasteiger partial charge in [0.15, 0.2) is 0 Å². The van der Waals surface area contributed by atoms with E-state index < -0.39 is 5.54 Å². The molecule has 1 atom stereocenters. The molecule has 6 heteroatoms. The maximum atomic E-state index is 14.7. The summed E-state index contributed by atoms with van der Waals surface area (Å²) < 4.78 is 16.5. The van der Waals surface area contributed by atoms with E-state index in [4.69, 9.17) is 4.98 Å². The van der Waals surface area contributed by atoms with Crippen LogP contribution in [0.4, 0.5) is 4.39 Å². The summed E-state index contributed by atoms with van der Waals surface area (Å²) in [6, 6.07) is 3.42. The largest absolute Gasteiger partial charge is 0.302 e. The number of nitroso groups, excluding NO2 is 1. The van der Waals surface area contributed by atoms with Crippen molar-refractivity contribution in [2.75, 3.05) is 0 Å². The minimum absolute atomic E-state index is 0.111. The molecule has 0 spiro atoms. The maximum absolute atomic E-state index is 14.7. The van der Waals surface area contributed by atoms with E-state index in [0.717, 1.165) is 35.8 Å². The van der Waals surface area contributed by atoms with E-state index in [9.17, 15) is 14.1 Å². The van der Waals surface area contributed by atoms with Crippen LogP contribution in [0.25, 0.3) is 22.3 Å². The summed E-state index contributed by atoms with van der Waals surface area (Å²) >= 11 is 0. The third-order valence-electron chi connectivity index (χ3n) is 7.80. The predicted octanol–water partition coefficient (Wildman–Crippen LogP) is 5.87. The average molecular weight is 446 g/mol. The van der Waals surface area contributed by atoms with Crippen LogP contribution >= 0.6 is 0 Å². The van der Waals surface area contributed by atoms with Gasteiger partial charge in [-0.05, 0) is 79.8 Å². The number of fused-ring (bicyclic) bond motifs is 4. The lowest BCUT2D eigenvalue weighted by Gasteiger charge is -2.28. The number of aryl methyl sites for hydroxylation is 2. The first-order chi connectivity index (χ1) is 15.8. The first kappa shape index (κ1) is 21.7. The Bertz CT molecular complexity index is 1440. The minimum atomic E-state index is -1.16. The quantitative estimate of drug-likeness (QED) is 0.285. The van der Waals surface area contributed by atoms with Crippen molar-refractivity contribution < 1.29 is 4.39 Å². The summed E-state index contributed by atoms with van der Waals surface area (Å²) in [7, 11) is 0. The van der Waals surface area contributed by atoms with E-state index in [1.54, 1.807) is 11.5 Å². The van der Waals surface area contributed by atoms with Gasteiger partial charge in [-0.15, -0.1) is 4.91 Å². The second kappa shape index (κ2) is 7.44. The molecule has 0 radical (unpaired) electrons. The summed E-state index contributed by atoms with van der Waals surface area (Å²) in [6.45, 7) is 11.9. The second-order valence-corrected chi connectivity index (χ2v) is 9.38. The number of pyridine rings is 2. The lowest BCUT2D eigenvalue weighted by Crippen LogP contribution is -2.32. The number of nitrogens with zero attached hydrogens (tertiary/aromatic N) is 3. The van der Waals surface area contributed by atoms with Crippen LogP contribution < -0.4 is 5.56 Å². The van der Waals surface area contributed by atoms with Crippen molar-refractivity contribution in [2.24, 2.45) is 5.18 Å². The van der Waals surface area contributed by atoms with Crippen molar-refractivity contribution in [1.82, 2.24) is 9.55 Å². The third-order valence-corrected chi connectivity index (χ3v) is 7.80. The Labute approximate surface area is 192 Å². The van der Waals surface area contributed by atoms with E-state index in [1.165, 1.54) is 11.6 Å². The Morgan fingerprint density at radius 2 is 1.97 bits per heavy atom. The van der Waals surface area contributed by atoms with E-state index in [2.05, 4.69) is 11.8 Å². The Hall–Kier alpha value is -3.15. The fraction of sp³-hybridized carbons (Fsp3) is 0.407. The molecule has 170 valence electrons. The second-order valence-electron chi connectivity index (χ2n) is 9.38. The highest BCUT2D eigenvalue weighted by molar-refractivity contribution is 5.92. The average Bonchev–Trinajstić information content (AvgIpc) is 3.18. The molecule has 3 heterocycles. The van der Waals surface area contributed by atoms with Crippen molar-refractivity contribution in [3.8, 4) is 11.4 Å². The monoisotopic (exact) mass is 445 g/mol. The van der Waals surface area contributed by atoms with Crippen molar-refractivity contribution in [2.45, 2.75) is 71.9 Å². The Balaban J connectivity index is 1.87. The van der Waals surface area contributed by atoms with Crippen LogP contribution in [0.1, 0.15) is 67.0 Å². The van der Waals surface area contributed by atoms with Crippen molar-refractivity contribution in [1.29, 1.82) is 0 Å². The van der Waals surface area contributed by atoms with Crippen molar-refractivity contribution in [3.05, 3.63) is 78.7 Å². The fourth-order valence-corrected chi connectivity index (χ4v) is 5.93. The van der Waals surface area contributed by atoms with Gasteiger partial charge in [0.25, 0.3) is 5.56 Å². The zero-order valence-electron chi connectivity index (χ0n) is 19.6. The molecule has 5 rings (SSSR count). The van der Waals surface area contributed by atoms with Gasteiger partial charge >= 0.3 is 0 Å². The topological polar surface area (TPSA) is 64.3 Å². The van der Waals surface area contributed by atoms with Crippen molar-refractivity contribution >= 4 is 10.9 Å². The molecule has 0 saturated heterocycles. The van der Waals surface area contributed by atoms with E-state index in [0.29, 0.717) is 58.6 Å². The molecule has 0 fully saturated rings. The Kier molecular flexibility index (Phi) is 4.89. The van der Waals surface area contributed by atoms with E-state index in [1.807, 2.05) is 26.8 Å². The van der Waals surface area contributed by atoms with Crippen LogP contribution in [0, 0.1) is 17.6 Å². The number of hydrogen-bond donors (Lipinski definition) is 0. The molecular formula is C27H28FN3O2. The van der Waals surface area contributed by atoms with Gasteiger partial charge in [-0.3, -0.25) is 4.79 Å². The van der Waals surface area contributed by atoms with Crippen LogP contribution in [0.3, 0.4) is 0 Å². The minimum Gasteiger partial charge on any atom is -0.302 e. The highest BCUT2D eigenvalue weighted by atomic mass is 19.1. The third kappa shape index (κ3) is 2.76. The molecule has 0 saturated carbocycles. The molecule has 33 heavy (non-hydrogen) atoms. The molecule has 0 bridgehead atoms. The first-order valence-electron chi connectivity index (χ1n) is 11.7. The molecule has 3 aromatic rings. The van der Waals surface area contributed by atoms with Gasteiger partial charge in [0.2, 0.25) is 0 Å². The van der Waals surface area contributed by atoms with Gasteiger partial charge < -0.3 is 4.57 Å². The Morgan fingerprint density at radius 1 is 1.24 bits per heavy atom. The van der Waals surface area contributed by atoms with Gasteiger partial charge in [-0.25, -0.2) is 9.37 Å². The van der Waals surface area contributed by atoms with Gasteiger partial charge in [0, 0.05) is 22.6 Å². The zero-order chi connectivity index (χ0) is 23.7. The number of benzene rings is 1. The van der Waals surface area contributed by atoms with Gasteiger partial charge in [-0.1, -0.05) is 25.6 Å². The number of halogens is 1. The van der Waals surface area contributed by atoms with E-state index >= 15 is 0 Å². The smallest absolute Gasteiger partial charge is 0.254 e. The number of rotatable bonds is 5. The van der Waals surface area contributed by atoms with Gasteiger partial charge in [0.1, 0.15) is 11.4 Å². The lowest BCUT2D eigenvalue weighted by molar-refractivity contribution is 0.499. The molecule has 0 amide bonds. The normalized spacial score (nSPS) is 15.8. The molecule has 1 aromatic carbocycles. The molecule has 1 unspecified atom stereocenters. The molecule has 0 N–H and O–H groups in total.